The zero-order valence-corrected chi connectivity index (χ0v) is 10.4. The van der Waals surface area contributed by atoms with E-state index in [1.165, 1.54) is 0 Å². The van der Waals surface area contributed by atoms with Crippen LogP contribution in [-0.4, -0.2) is 52.7 Å². The van der Waals surface area contributed by atoms with Gasteiger partial charge in [-0.2, -0.15) is 0 Å². The van der Waals surface area contributed by atoms with Crippen molar-refractivity contribution in [1.82, 2.24) is 0 Å². The van der Waals surface area contributed by atoms with E-state index in [1.807, 2.05) is 19.1 Å². The molecule has 0 amide bonds. The molecule has 0 saturated carbocycles. The maximum atomic E-state index is 12.7. The van der Waals surface area contributed by atoms with E-state index in [9.17, 15) is 19.7 Å². The van der Waals surface area contributed by atoms with Crippen molar-refractivity contribution in [2.45, 2.75) is 37.6 Å². The quantitative estimate of drug-likeness (QED) is 0.730. The number of rotatable bonds is 3. The third-order valence-electron chi connectivity index (χ3n) is 3.09. The lowest BCUT2D eigenvalue weighted by atomic mass is 10.00. The summed E-state index contributed by atoms with van der Waals surface area (Å²) in [6.45, 7) is 0.938. The summed E-state index contributed by atoms with van der Waals surface area (Å²) in [5.74, 6) is 0.427. The Kier molecular flexibility index (Phi) is 4.36. The highest BCUT2D eigenvalue weighted by Crippen LogP contribution is 2.24. The molecule has 1 fully saturated rings. The molecule has 3 N–H and O–H groups in total. The van der Waals surface area contributed by atoms with E-state index in [1.54, 1.807) is 12.1 Å². The van der Waals surface area contributed by atoms with E-state index in [0.29, 0.717) is 5.75 Å². The molecule has 1 aliphatic heterocycles. The van der Waals surface area contributed by atoms with Crippen LogP contribution in [0.15, 0.2) is 24.3 Å². The number of aliphatic hydroxyl groups excluding tert-OH is 3. The smallest absolute Gasteiger partial charge is 0.229 e. The molecule has 0 bridgehead atoms. The molecule has 0 aliphatic carbocycles. The summed E-state index contributed by atoms with van der Waals surface area (Å²) in [6.07, 6.45) is -6.86. The number of aryl methyl sites for hydroxylation is 1. The van der Waals surface area contributed by atoms with Gasteiger partial charge in [-0.05, 0) is 19.1 Å². The molecule has 1 aromatic rings. The molecule has 1 aromatic carbocycles. The second-order valence-electron chi connectivity index (χ2n) is 4.60. The van der Waals surface area contributed by atoms with Crippen molar-refractivity contribution in [3.63, 3.8) is 0 Å². The Labute approximate surface area is 110 Å². The first-order chi connectivity index (χ1) is 9.02. The van der Waals surface area contributed by atoms with Crippen LogP contribution in [-0.2, 0) is 4.74 Å². The van der Waals surface area contributed by atoms with E-state index in [2.05, 4.69) is 0 Å². The normalized spacial score (nSPS) is 35.1. The third-order valence-corrected chi connectivity index (χ3v) is 3.09. The topological polar surface area (TPSA) is 79.2 Å². The molecule has 0 radical (unpaired) electrons. The fraction of sp³-hybridized carbons (Fsp3) is 0.538. The molecule has 1 aliphatic rings. The highest BCUT2D eigenvalue weighted by atomic mass is 19.1. The molecule has 19 heavy (non-hydrogen) atoms. The van der Waals surface area contributed by atoms with Gasteiger partial charge < -0.3 is 24.8 Å². The molecular formula is C13H17FO5. The summed E-state index contributed by atoms with van der Waals surface area (Å²) in [5.41, 5.74) is 1.04. The highest BCUT2D eigenvalue weighted by molar-refractivity contribution is 5.26. The number of hydrogen-bond donors (Lipinski definition) is 3. The van der Waals surface area contributed by atoms with Crippen molar-refractivity contribution in [3.8, 4) is 5.75 Å². The van der Waals surface area contributed by atoms with Gasteiger partial charge in [-0.3, -0.25) is 0 Å². The minimum atomic E-state index is -1.51. The summed E-state index contributed by atoms with van der Waals surface area (Å²) >= 11 is 0. The van der Waals surface area contributed by atoms with Gasteiger partial charge in [0.2, 0.25) is 6.29 Å². The maximum absolute atomic E-state index is 12.7. The van der Waals surface area contributed by atoms with Gasteiger partial charge in [0, 0.05) is 0 Å². The van der Waals surface area contributed by atoms with Crippen LogP contribution < -0.4 is 4.74 Å². The molecule has 5 nitrogen and oxygen atoms in total. The highest BCUT2D eigenvalue weighted by Gasteiger charge is 2.44. The second-order valence-corrected chi connectivity index (χ2v) is 4.60. The van der Waals surface area contributed by atoms with Crippen LogP contribution in [0.3, 0.4) is 0 Å². The van der Waals surface area contributed by atoms with Crippen molar-refractivity contribution in [2.75, 3.05) is 6.67 Å². The van der Waals surface area contributed by atoms with Gasteiger partial charge in [0.15, 0.2) is 0 Å². The van der Waals surface area contributed by atoms with E-state index in [0.717, 1.165) is 5.56 Å². The minimum absolute atomic E-state index is 0.427. The van der Waals surface area contributed by atoms with Gasteiger partial charge in [0.05, 0.1) is 0 Å². The fourth-order valence-corrected chi connectivity index (χ4v) is 1.89. The van der Waals surface area contributed by atoms with Crippen LogP contribution in [0.25, 0.3) is 0 Å². The Hall–Kier alpha value is -1.21. The molecule has 2 unspecified atom stereocenters. The van der Waals surface area contributed by atoms with Gasteiger partial charge in [0.25, 0.3) is 0 Å². The Morgan fingerprint density at radius 2 is 1.74 bits per heavy atom. The van der Waals surface area contributed by atoms with Gasteiger partial charge in [-0.25, -0.2) is 4.39 Å². The molecule has 106 valence electrons. The first-order valence-corrected chi connectivity index (χ1v) is 6.02. The predicted molar refractivity (Wildman–Crippen MR) is 64.5 cm³/mol. The van der Waals surface area contributed by atoms with Gasteiger partial charge in [0.1, 0.15) is 36.8 Å². The molecule has 6 heteroatoms. The van der Waals surface area contributed by atoms with E-state index >= 15 is 0 Å². The summed E-state index contributed by atoms with van der Waals surface area (Å²) in [7, 11) is 0. The molecular weight excluding hydrogens is 255 g/mol. The third kappa shape index (κ3) is 3.03. The summed E-state index contributed by atoms with van der Waals surface area (Å²) < 4.78 is 23.1. The lowest BCUT2D eigenvalue weighted by Gasteiger charge is -2.39. The molecule has 0 aromatic heterocycles. The Morgan fingerprint density at radius 1 is 1.11 bits per heavy atom. The standard InChI is InChI=1S/C13H17FO5/c1-7-2-4-8(5-3-7)18-13-12(17)11(16)10(15)9(6-14)19-13/h2-5,9-13,15-17H,6H2,1H3/t9-,10?,11+,12+,13?/m1/s1. The molecule has 0 spiro atoms. The fourth-order valence-electron chi connectivity index (χ4n) is 1.89. The Bertz CT molecular complexity index is 408. The monoisotopic (exact) mass is 272 g/mol. The van der Waals surface area contributed by atoms with Gasteiger partial charge >= 0.3 is 0 Å². The lowest BCUT2D eigenvalue weighted by molar-refractivity contribution is -0.274. The van der Waals surface area contributed by atoms with Gasteiger partial charge in [-0.15, -0.1) is 0 Å². The van der Waals surface area contributed by atoms with Crippen LogP contribution in [0.1, 0.15) is 5.56 Å². The lowest BCUT2D eigenvalue weighted by Crippen LogP contribution is -2.59. The van der Waals surface area contributed by atoms with Crippen molar-refractivity contribution in [2.24, 2.45) is 0 Å². The first-order valence-electron chi connectivity index (χ1n) is 6.02. The average molecular weight is 272 g/mol. The molecule has 1 saturated heterocycles. The van der Waals surface area contributed by atoms with E-state index in [-0.39, 0.29) is 0 Å². The number of benzene rings is 1. The van der Waals surface area contributed by atoms with Crippen LogP contribution in [0.2, 0.25) is 0 Å². The minimum Gasteiger partial charge on any atom is -0.462 e. The zero-order chi connectivity index (χ0) is 14.0. The van der Waals surface area contributed by atoms with Gasteiger partial charge in [-0.1, -0.05) is 17.7 Å². The summed E-state index contributed by atoms with van der Waals surface area (Å²) in [4.78, 5) is 0. The van der Waals surface area contributed by atoms with Crippen LogP contribution in [0, 0.1) is 6.92 Å². The number of alkyl halides is 1. The molecule has 1 heterocycles. The number of aliphatic hydroxyl groups is 3. The van der Waals surface area contributed by atoms with Crippen LogP contribution >= 0.6 is 0 Å². The summed E-state index contributed by atoms with van der Waals surface area (Å²) in [5, 5.41) is 28.9. The number of ether oxygens (including phenoxy) is 2. The zero-order valence-electron chi connectivity index (χ0n) is 10.4. The first kappa shape index (κ1) is 14.2. The van der Waals surface area contributed by atoms with E-state index < -0.39 is 37.4 Å². The molecule has 5 atom stereocenters. The molecule has 2 rings (SSSR count). The average Bonchev–Trinajstić information content (AvgIpc) is 2.42. The number of hydrogen-bond acceptors (Lipinski definition) is 5. The summed E-state index contributed by atoms with van der Waals surface area (Å²) in [6, 6.07) is 6.96. The Morgan fingerprint density at radius 3 is 2.32 bits per heavy atom. The second kappa shape index (κ2) is 5.83. The van der Waals surface area contributed by atoms with E-state index in [4.69, 9.17) is 9.47 Å². The predicted octanol–water partition coefficient (Wildman–Crippen LogP) is 0.151. The van der Waals surface area contributed by atoms with Crippen LogP contribution in [0.4, 0.5) is 4.39 Å². The maximum Gasteiger partial charge on any atom is 0.229 e. The number of halogens is 1. The largest absolute Gasteiger partial charge is 0.462 e. The van der Waals surface area contributed by atoms with Crippen molar-refractivity contribution < 1.29 is 29.2 Å². The van der Waals surface area contributed by atoms with Crippen molar-refractivity contribution >= 4 is 0 Å². The van der Waals surface area contributed by atoms with Crippen molar-refractivity contribution in [1.29, 1.82) is 0 Å². The van der Waals surface area contributed by atoms with Crippen LogP contribution in [0.5, 0.6) is 5.75 Å². The SMILES string of the molecule is Cc1ccc(OC2O[C@H](CF)C(O)[C@H](O)[C@@H]2O)cc1. The Balaban J connectivity index is 2.08. The van der Waals surface area contributed by atoms with Crippen molar-refractivity contribution in [3.05, 3.63) is 29.8 Å².